The van der Waals surface area contributed by atoms with Gasteiger partial charge in [0.05, 0.1) is 12.1 Å². The zero-order valence-electron chi connectivity index (χ0n) is 14.7. The van der Waals surface area contributed by atoms with Crippen LogP contribution in [0.5, 0.6) is 0 Å². The van der Waals surface area contributed by atoms with E-state index in [2.05, 4.69) is 35.8 Å². The van der Waals surface area contributed by atoms with Crippen LogP contribution in [0.3, 0.4) is 0 Å². The van der Waals surface area contributed by atoms with Crippen LogP contribution in [-0.2, 0) is 0 Å². The molecule has 1 fully saturated rings. The molecule has 3 rings (SSSR count). The molecule has 0 unspecified atom stereocenters. The maximum atomic E-state index is 10.6. The zero-order chi connectivity index (χ0) is 17.1. The summed E-state index contributed by atoms with van der Waals surface area (Å²) in [6, 6.07) is 10.1. The van der Waals surface area contributed by atoms with Gasteiger partial charge in [0.2, 0.25) is 5.89 Å². The number of benzene rings is 1. The second kappa shape index (κ2) is 7.45. The Balaban J connectivity index is 1.58. The molecule has 2 atom stereocenters. The number of likely N-dealkylation sites (tertiary alicyclic amines) is 1. The van der Waals surface area contributed by atoms with Gasteiger partial charge in [-0.2, -0.15) is 4.98 Å². The summed E-state index contributed by atoms with van der Waals surface area (Å²) in [5, 5.41) is 14.7. The molecule has 0 bridgehead atoms. The first-order valence-electron chi connectivity index (χ1n) is 8.86. The highest BCUT2D eigenvalue weighted by molar-refractivity contribution is 5.18. The summed E-state index contributed by atoms with van der Waals surface area (Å²) in [6.45, 7) is 8.13. The number of aromatic nitrogens is 2. The second-order valence-corrected chi connectivity index (χ2v) is 7.05. The summed E-state index contributed by atoms with van der Waals surface area (Å²) in [5.41, 5.74) is 1.02. The van der Waals surface area contributed by atoms with Gasteiger partial charge >= 0.3 is 0 Å². The standard InChI is InChI=1S/C19H27N3O2/c1-13(2)18-20-19(24-21-18)14(3)22-11-9-16(10-12-22)17(23)15-7-5-4-6-8-15/h4-8,13-14,16-17,23H,9-12H2,1-3H3/t14-,17-/m0/s1. The smallest absolute Gasteiger partial charge is 0.243 e. The van der Waals surface area contributed by atoms with Crippen molar-refractivity contribution < 1.29 is 9.63 Å². The van der Waals surface area contributed by atoms with E-state index >= 15 is 0 Å². The second-order valence-electron chi connectivity index (χ2n) is 7.05. The van der Waals surface area contributed by atoms with Gasteiger partial charge in [-0.3, -0.25) is 4.90 Å². The lowest BCUT2D eigenvalue weighted by Gasteiger charge is -2.36. The van der Waals surface area contributed by atoms with Crippen molar-refractivity contribution in [2.24, 2.45) is 5.92 Å². The molecule has 5 heteroatoms. The van der Waals surface area contributed by atoms with Crippen LogP contribution < -0.4 is 0 Å². The van der Waals surface area contributed by atoms with E-state index in [9.17, 15) is 5.11 Å². The highest BCUT2D eigenvalue weighted by Crippen LogP contribution is 2.33. The highest BCUT2D eigenvalue weighted by Gasteiger charge is 2.30. The third-order valence-electron chi connectivity index (χ3n) is 5.04. The van der Waals surface area contributed by atoms with E-state index in [1.54, 1.807) is 0 Å². The predicted octanol–water partition coefficient (Wildman–Crippen LogP) is 3.70. The van der Waals surface area contributed by atoms with Crippen molar-refractivity contribution in [2.45, 2.75) is 51.7 Å². The van der Waals surface area contributed by atoms with Crippen LogP contribution in [-0.4, -0.2) is 33.2 Å². The van der Waals surface area contributed by atoms with Gasteiger partial charge in [-0.05, 0) is 44.3 Å². The first kappa shape index (κ1) is 17.1. The van der Waals surface area contributed by atoms with Gasteiger partial charge in [0.1, 0.15) is 0 Å². The topological polar surface area (TPSA) is 62.4 Å². The van der Waals surface area contributed by atoms with Gasteiger partial charge in [0.25, 0.3) is 0 Å². The molecule has 0 aliphatic carbocycles. The minimum Gasteiger partial charge on any atom is -0.388 e. The van der Waals surface area contributed by atoms with Gasteiger partial charge < -0.3 is 9.63 Å². The van der Waals surface area contributed by atoms with E-state index in [-0.39, 0.29) is 18.1 Å². The van der Waals surface area contributed by atoms with E-state index in [0.29, 0.717) is 11.8 Å². The minimum atomic E-state index is -0.375. The summed E-state index contributed by atoms with van der Waals surface area (Å²) < 4.78 is 5.43. The number of nitrogens with zero attached hydrogens (tertiary/aromatic N) is 3. The van der Waals surface area contributed by atoms with E-state index in [0.717, 1.165) is 37.3 Å². The Kier molecular flexibility index (Phi) is 5.31. The normalized spacial score (nSPS) is 19.5. The average molecular weight is 329 g/mol. The van der Waals surface area contributed by atoms with E-state index in [1.165, 1.54) is 0 Å². The molecule has 1 saturated heterocycles. The van der Waals surface area contributed by atoms with Crippen LogP contribution in [0.4, 0.5) is 0 Å². The van der Waals surface area contributed by atoms with Crippen molar-refractivity contribution in [1.82, 2.24) is 15.0 Å². The third-order valence-corrected chi connectivity index (χ3v) is 5.04. The molecule has 1 aromatic heterocycles. The fraction of sp³-hybridized carbons (Fsp3) is 0.579. The average Bonchev–Trinajstić information content (AvgIpc) is 3.12. The largest absolute Gasteiger partial charge is 0.388 e. The van der Waals surface area contributed by atoms with Crippen molar-refractivity contribution >= 4 is 0 Å². The molecule has 0 radical (unpaired) electrons. The molecular formula is C19H27N3O2. The molecule has 0 spiro atoms. The van der Waals surface area contributed by atoms with Crippen molar-refractivity contribution in [2.75, 3.05) is 13.1 Å². The molecule has 0 amide bonds. The molecule has 2 aromatic rings. The van der Waals surface area contributed by atoms with Gasteiger partial charge in [-0.25, -0.2) is 0 Å². The fourth-order valence-corrected chi connectivity index (χ4v) is 3.35. The quantitative estimate of drug-likeness (QED) is 0.906. The van der Waals surface area contributed by atoms with Crippen LogP contribution in [0.15, 0.2) is 34.9 Å². The zero-order valence-corrected chi connectivity index (χ0v) is 14.7. The Hall–Kier alpha value is -1.72. The van der Waals surface area contributed by atoms with Crippen LogP contribution in [0.2, 0.25) is 0 Å². The molecule has 2 heterocycles. The number of hydrogen-bond donors (Lipinski definition) is 1. The molecule has 130 valence electrons. The SMILES string of the molecule is CC(C)c1noc([C@H](C)N2CCC([C@@H](O)c3ccccc3)CC2)n1. The highest BCUT2D eigenvalue weighted by atomic mass is 16.5. The number of aliphatic hydroxyl groups is 1. The van der Waals surface area contributed by atoms with Crippen LogP contribution in [0.1, 0.15) is 69.0 Å². The first-order valence-corrected chi connectivity index (χ1v) is 8.86. The van der Waals surface area contributed by atoms with Crippen molar-refractivity contribution in [3.05, 3.63) is 47.6 Å². The summed E-state index contributed by atoms with van der Waals surface area (Å²) in [5.74, 6) is 2.05. The summed E-state index contributed by atoms with van der Waals surface area (Å²) in [4.78, 5) is 6.88. The monoisotopic (exact) mass is 329 g/mol. The van der Waals surface area contributed by atoms with Crippen LogP contribution >= 0.6 is 0 Å². The first-order chi connectivity index (χ1) is 11.6. The summed E-state index contributed by atoms with van der Waals surface area (Å²) in [7, 11) is 0. The number of piperidine rings is 1. The Morgan fingerprint density at radius 2 is 1.79 bits per heavy atom. The maximum absolute atomic E-state index is 10.6. The predicted molar refractivity (Wildman–Crippen MR) is 92.5 cm³/mol. The number of hydrogen-bond acceptors (Lipinski definition) is 5. The van der Waals surface area contributed by atoms with E-state index < -0.39 is 0 Å². The molecule has 24 heavy (non-hydrogen) atoms. The molecule has 1 aliphatic heterocycles. The Morgan fingerprint density at radius 1 is 1.12 bits per heavy atom. The van der Waals surface area contributed by atoms with Gasteiger partial charge in [0.15, 0.2) is 5.82 Å². The van der Waals surface area contributed by atoms with Crippen molar-refractivity contribution in [3.8, 4) is 0 Å². The Bertz CT molecular complexity index is 633. The fourth-order valence-electron chi connectivity index (χ4n) is 3.35. The Morgan fingerprint density at radius 3 is 2.38 bits per heavy atom. The summed E-state index contributed by atoms with van der Waals surface area (Å²) >= 11 is 0. The Labute approximate surface area is 143 Å². The third kappa shape index (κ3) is 3.68. The molecule has 0 saturated carbocycles. The summed E-state index contributed by atoms with van der Waals surface area (Å²) in [6.07, 6.45) is 1.58. The lowest BCUT2D eigenvalue weighted by Crippen LogP contribution is -2.37. The number of aliphatic hydroxyl groups excluding tert-OH is 1. The molecule has 1 N–H and O–H groups in total. The number of rotatable bonds is 5. The van der Waals surface area contributed by atoms with Crippen molar-refractivity contribution in [1.29, 1.82) is 0 Å². The van der Waals surface area contributed by atoms with Crippen LogP contribution in [0.25, 0.3) is 0 Å². The molecule has 5 nitrogen and oxygen atoms in total. The van der Waals surface area contributed by atoms with E-state index in [4.69, 9.17) is 4.52 Å². The lowest BCUT2D eigenvalue weighted by molar-refractivity contribution is 0.0420. The van der Waals surface area contributed by atoms with Crippen molar-refractivity contribution in [3.63, 3.8) is 0 Å². The van der Waals surface area contributed by atoms with Gasteiger partial charge in [-0.1, -0.05) is 49.3 Å². The molecule has 1 aromatic carbocycles. The van der Waals surface area contributed by atoms with E-state index in [1.807, 2.05) is 30.3 Å². The van der Waals surface area contributed by atoms with Crippen LogP contribution in [0, 0.1) is 5.92 Å². The lowest BCUT2D eigenvalue weighted by atomic mass is 9.87. The maximum Gasteiger partial charge on any atom is 0.243 e. The molecular weight excluding hydrogens is 302 g/mol. The minimum absolute atomic E-state index is 0.125. The van der Waals surface area contributed by atoms with Gasteiger partial charge in [-0.15, -0.1) is 0 Å². The van der Waals surface area contributed by atoms with Gasteiger partial charge in [0, 0.05) is 5.92 Å². The molecule has 1 aliphatic rings.